The zero-order valence-electron chi connectivity index (χ0n) is 23.3. The maximum absolute atomic E-state index is 12.2. The molecule has 4 heteroatoms. The molecule has 5 aliphatic rings. The first-order chi connectivity index (χ1) is 18.6. The van der Waals surface area contributed by atoms with E-state index >= 15 is 0 Å². The van der Waals surface area contributed by atoms with E-state index in [1.807, 2.05) is 6.92 Å². The van der Waals surface area contributed by atoms with Crippen LogP contribution in [-0.4, -0.2) is 61.1 Å². The summed E-state index contributed by atoms with van der Waals surface area (Å²) in [6, 6.07) is 23.8. The smallest absolute Gasteiger partial charge is 0.310 e. The van der Waals surface area contributed by atoms with Crippen molar-refractivity contribution in [2.75, 3.05) is 39.3 Å². The molecule has 3 atom stereocenters. The Hall–Kier alpha value is -2.17. The predicted octanol–water partition coefficient (Wildman–Crippen LogP) is 6.20. The van der Waals surface area contributed by atoms with Gasteiger partial charge in [-0.15, -0.1) is 0 Å². The summed E-state index contributed by atoms with van der Waals surface area (Å²) >= 11 is 0. The number of hydrogen-bond acceptors (Lipinski definition) is 4. The zero-order valence-corrected chi connectivity index (χ0v) is 23.3. The lowest BCUT2D eigenvalue weighted by atomic mass is 9.42. The van der Waals surface area contributed by atoms with E-state index in [2.05, 4.69) is 70.5 Å². The second kappa shape index (κ2) is 11.1. The first-order valence-electron chi connectivity index (χ1n) is 15.4. The molecule has 3 saturated heterocycles. The van der Waals surface area contributed by atoms with Gasteiger partial charge in [-0.1, -0.05) is 67.1 Å². The third-order valence-corrected chi connectivity index (χ3v) is 10.7. The van der Waals surface area contributed by atoms with Gasteiger partial charge in [0, 0.05) is 30.0 Å². The highest BCUT2D eigenvalue weighted by Crippen LogP contribution is 2.64. The Balaban J connectivity index is 1.13. The molecule has 38 heavy (non-hydrogen) atoms. The summed E-state index contributed by atoms with van der Waals surface area (Å²) in [5, 5.41) is 0. The van der Waals surface area contributed by atoms with Crippen LogP contribution in [0.2, 0.25) is 0 Å². The van der Waals surface area contributed by atoms with Crippen LogP contribution < -0.4 is 0 Å². The molecule has 7 rings (SSSR count). The van der Waals surface area contributed by atoms with Gasteiger partial charge in [0.05, 0.1) is 12.5 Å². The number of fused-ring (bicyclic) bond motifs is 1. The molecule has 2 aliphatic carbocycles. The number of esters is 1. The predicted molar refractivity (Wildman–Crippen MR) is 153 cm³/mol. The van der Waals surface area contributed by atoms with Crippen molar-refractivity contribution in [3.63, 3.8) is 0 Å². The summed E-state index contributed by atoms with van der Waals surface area (Å²) in [6.45, 7) is 7.97. The molecule has 0 amide bonds. The van der Waals surface area contributed by atoms with E-state index < -0.39 is 0 Å². The number of rotatable bonds is 9. The van der Waals surface area contributed by atoms with Crippen molar-refractivity contribution in [2.45, 2.75) is 81.6 Å². The van der Waals surface area contributed by atoms with E-state index in [1.165, 1.54) is 58.0 Å². The van der Waals surface area contributed by atoms with E-state index in [9.17, 15) is 4.79 Å². The lowest BCUT2D eigenvalue weighted by molar-refractivity contribution is -0.149. The molecule has 204 valence electrons. The van der Waals surface area contributed by atoms with Crippen LogP contribution >= 0.6 is 0 Å². The molecule has 4 bridgehead atoms. The fourth-order valence-electron chi connectivity index (χ4n) is 9.09. The Kier molecular flexibility index (Phi) is 7.64. The number of carbonyl (C=O) groups is 1. The van der Waals surface area contributed by atoms with Crippen molar-refractivity contribution in [1.29, 1.82) is 0 Å². The second-order valence-corrected chi connectivity index (χ2v) is 12.6. The summed E-state index contributed by atoms with van der Waals surface area (Å²) in [7, 11) is 0. The molecule has 3 heterocycles. The van der Waals surface area contributed by atoms with Crippen molar-refractivity contribution in [1.82, 2.24) is 9.80 Å². The largest absolute Gasteiger partial charge is 0.466 e. The van der Waals surface area contributed by atoms with Crippen molar-refractivity contribution in [3.05, 3.63) is 71.8 Å². The lowest BCUT2D eigenvalue weighted by Crippen LogP contribution is -2.69. The molecular weight excluding hydrogens is 468 g/mol. The summed E-state index contributed by atoms with van der Waals surface area (Å²) in [5.74, 6) is 0.766. The molecule has 0 aromatic heterocycles. The van der Waals surface area contributed by atoms with Gasteiger partial charge in [-0.25, -0.2) is 0 Å². The average Bonchev–Trinajstić information content (AvgIpc) is 2.96. The number of carbonyl (C=O) groups excluding carboxylic acids is 1. The molecule has 0 N–H and O–H groups in total. The van der Waals surface area contributed by atoms with E-state index in [0.717, 1.165) is 32.5 Å². The number of piperidine rings is 3. The van der Waals surface area contributed by atoms with E-state index in [4.69, 9.17) is 4.74 Å². The lowest BCUT2D eigenvalue weighted by Gasteiger charge is -2.68. The number of ether oxygens (including phenoxy) is 1. The van der Waals surface area contributed by atoms with Gasteiger partial charge < -0.3 is 9.64 Å². The average molecular weight is 515 g/mol. The summed E-state index contributed by atoms with van der Waals surface area (Å²) in [4.78, 5) is 17.6. The van der Waals surface area contributed by atoms with Crippen molar-refractivity contribution in [3.8, 4) is 0 Å². The summed E-state index contributed by atoms with van der Waals surface area (Å²) in [6.07, 6.45) is 11.2. The molecule has 3 aliphatic heterocycles. The number of nitrogens with zero attached hydrogens (tertiary/aromatic N) is 2. The molecule has 2 saturated carbocycles. The first kappa shape index (κ1) is 26.1. The monoisotopic (exact) mass is 514 g/mol. The normalized spacial score (nSPS) is 33.2. The van der Waals surface area contributed by atoms with E-state index in [1.54, 1.807) is 11.1 Å². The Morgan fingerprint density at radius 1 is 0.868 bits per heavy atom. The third kappa shape index (κ3) is 4.73. The highest BCUT2D eigenvalue weighted by Gasteiger charge is 2.63. The molecule has 0 radical (unpaired) electrons. The molecule has 5 fully saturated rings. The standard InChI is InChI=1S/C34H46N2O2/c1-2-38-32(37)27-13-11-21-35(25-27)20-9-10-22-36-26-31-33(28-14-5-3-6-15-28)18-12-19-34(31,24-30(36)23-33)29-16-7-4-8-17-29/h3-8,14-17,27,30-31H,2,9-13,18-26H2,1H3. The number of hydrogen-bond donors (Lipinski definition) is 0. The van der Waals surface area contributed by atoms with Crippen molar-refractivity contribution in [2.24, 2.45) is 11.8 Å². The Morgan fingerprint density at radius 3 is 2.11 bits per heavy atom. The maximum Gasteiger partial charge on any atom is 0.310 e. The number of benzene rings is 2. The highest BCUT2D eigenvalue weighted by atomic mass is 16.5. The van der Waals surface area contributed by atoms with Crippen LogP contribution in [0.4, 0.5) is 0 Å². The van der Waals surface area contributed by atoms with Crippen LogP contribution in [0.5, 0.6) is 0 Å². The van der Waals surface area contributed by atoms with Crippen LogP contribution in [0.25, 0.3) is 0 Å². The van der Waals surface area contributed by atoms with E-state index in [0.29, 0.717) is 29.4 Å². The van der Waals surface area contributed by atoms with Crippen LogP contribution in [0.3, 0.4) is 0 Å². The van der Waals surface area contributed by atoms with Gasteiger partial charge in [0.25, 0.3) is 0 Å². The van der Waals surface area contributed by atoms with Crippen LogP contribution in [-0.2, 0) is 20.4 Å². The van der Waals surface area contributed by atoms with Crippen molar-refractivity contribution >= 4 is 5.97 Å². The summed E-state index contributed by atoms with van der Waals surface area (Å²) < 4.78 is 5.30. The maximum atomic E-state index is 12.2. The van der Waals surface area contributed by atoms with Gasteiger partial charge in [-0.2, -0.15) is 0 Å². The minimum atomic E-state index is 0.00628. The SMILES string of the molecule is CCOC(=O)C1CCCN(CCCCN2CC3C4(c5ccccc5)CCCC3(c3ccccc3)CC2C4)C1. The Morgan fingerprint density at radius 2 is 1.50 bits per heavy atom. The molecule has 2 aromatic carbocycles. The molecule has 2 aromatic rings. The van der Waals surface area contributed by atoms with Crippen LogP contribution in [0.1, 0.15) is 75.8 Å². The van der Waals surface area contributed by atoms with Gasteiger partial charge in [-0.3, -0.25) is 9.69 Å². The molecule has 4 nitrogen and oxygen atoms in total. The Bertz CT molecular complexity index is 1020. The Labute approximate surface area is 229 Å². The number of likely N-dealkylation sites (tertiary alicyclic amines) is 1. The van der Waals surface area contributed by atoms with Gasteiger partial charge in [-0.05, 0) is 95.0 Å². The topological polar surface area (TPSA) is 32.8 Å². The van der Waals surface area contributed by atoms with E-state index in [-0.39, 0.29) is 11.9 Å². The quantitative estimate of drug-likeness (QED) is 0.295. The first-order valence-corrected chi connectivity index (χ1v) is 15.4. The molecule has 0 spiro atoms. The van der Waals surface area contributed by atoms with Crippen LogP contribution in [0.15, 0.2) is 60.7 Å². The third-order valence-electron chi connectivity index (χ3n) is 10.7. The van der Waals surface area contributed by atoms with Gasteiger partial charge in [0.1, 0.15) is 0 Å². The zero-order chi connectivity index (χ0) is 26.0. The highest BCUT2D eigenvalue weighted by molar-refractivity contribution is 5.72. The second-order valence-electron chi connectivity index (χ2n) is 12.6. The molecule has 3 unspecified atom stereocenters. The van der Waals surface area contributed by atoms with Crippen LogP contribution in [0, 0.1) is 11.8 Å². The fourth-order valence-corrected chi connectivity index (χ4v) is 9.09. The van der Waals surface area contributed by atoms with Crippen molar-refractivity contribution < 1.29 is 9.53 Å². The van der Waals surface area contributed by atoms with Gasteiger partial charge in [0.15, 0.2) is 0 Å². The minimum Gasteiger partial charge on any atom is -0.466 e. The molecular formula is C34H46N2O2. The van der Waals surface area contributed by atoms with Gasteiger partial charge in [0.2, 0.25) is 0 Å². The number of unbranched alkanes of at least 4 members (excludes halogenated alkanes) is 1. The minimum absolute atomic E-state index is 0.00628. The fraction of sp³-hybridized carbons (Fsp3) is 0.618. The van der Waals surface area contributed by atoms with Gasteiger partial charge >= 0.3 is 5.97 Å². The summed E-state index contributed by atoms with van der Waals surface area (Å²) in [5.41, 5.74) is 3.83.